The zero-order chi connectivity index (χ0) is 22.4. The molecule has 4 aliphatic rings. The first kappa shape index (κ1) is 20.4. The van der Waals surface area contributed by atoms with E-state index in [-0.39, 0.29) is 17.6 Å². The molecular formula is C26H28FN5O. The van der Waals surface area contributed by atoms with Crippen LogP contribution in [-0.4, -0.2) is 35.4 Å². The SMILES string of the molecule is CC1=Cc2c(ccc(Oc3nc(NC4=NCC(C5CC5)=C4)cc(N4CCCCC4)n3)c2F)C1. The Morgan fingerprint density at radius 1 is 1.09 bits per heavy atom. The summed E-state index contributed by atoms with van der Waals surface area (Å²) >= 11 is 0. The van der Waals surface area contributed by atoms with Crippen molar-refractivity contribution in [3.8, 4) is 11.8 Å². The van der Waals surface area contributed by atoms with Crippen molar-refractivity contribution < 1.29 is 9.13 Å². The van der Waals surface area contributed by atoms with E-state index in [1.807, 2.05) is 25.1 Å². The molecule has 1 aromatic carbocycles. The van der Waals surface area contributed by atoms with Gasteiger partial charge in [0.25, 0.3) is 0 Å². The number of rotatable bonds is 5. The Morgan fingerprint density at radius 2 is 1.94 bits per heavy atom. The van der Waals surface area contributed by atoms with Gasteiger partial charge in [-0.25, -0.2) is 4.39 Å². The summed E-state index contributed by atoms with van der Waals surface area (Å²) in [6, 6.07) is 5.68. The van der Waals surface area contributed by atoms with Gasteiger partial charge in [-0.15, -0.1) is 0 Å². The number of aromatic nitrogens is 2. The standard InChI is InChI=1S/C26H28FN5O/c1-16-11-18-7-8-21(25(27)20(18)12-16)33-26-30-23(14-24(31-26)32-9-3-2-4-10-32)29-22-13-19(15-28-22)17-5-6-17/h7-8,12-14,17H,2-6,9-11,15H2,1H3,(H,28,29,30,31). The highest BCUT2D eigenvalue weighted by atomic mass is 19.1. The molecule has 6 rings (SSSR count). The lowest BCUT2D eigenvalue weighted by Gasteiger charge is -2.28. The second-order valence-corrected chi connectivity index (χ2v) is 9.48. The van der Waals surface area contributed by atoms with Crippen molar-refractivity contribution in [3.05, 3.63) is 52.4 Å². The van der Waals surface area contributed by atoms with E-state index in [4.69, 9.17) is 4.74 Å². The van der Waals surface area contributed by atoms with Crippen LogP contribution in [0.1, 0.15) is 50.2 Å². The van der Waals surface area contributed by atoms with Gasteiger partial charge in [-0.3, -0.25) is 4.99 Å². The number of amidine groups is 1. The van der Waals surface area contributed by atoms with Gasteiger partial charge in [0, 0.05) is 24.7 Å². The fraction of sp³-hybridized carbons (Fsp3) is 0.423. The number of halogens is 1. The van der Waals surface area contributed by atoms with Crippen LogP contribution in [0.5, 0.6) is 11.8 Å². The number of ether oxygens (including phenoxy) is 1. The number of hydrogen-bond donors (Lipinski definition) is 1. The number of nitrogens with one attached hydrogen (secondary N) is 1. The van der Waals surface area contributed by atoms with Crippen LogP contribution in [0.2, 0.25) is 0 Å². The Morgan fingerprint density at radius 3 is 2.76 bits per heavy atom. The van der Waals surface area contributed by atoms with E-state index in [2.05, 4.69) is 31.3 Å². The summed E-state index contributed by atoms with van der Waals surface area (Å²) in [6.07, 6.45) is 10.8. The lowest BCUT2D eigenvalue weighted by atomic mass is 10.1. The van der Waals surface area contributed by atoms with E-state index in [0.717, 1.165) is 61.7 Å². The average Bonchev–Trinajstić information content (AvgIpc) is 3.45. The molecule has 1 saturated heterocycles. The number of hydrogen-bond acceptors (Lipinski definition) is 6. The van der Waals surface area contributed by atoms with Crippen LogP contribution in [0.4, 0.5) is 16.0 Å². The first-order valence-corrected chi connectivity index (χ1v) is 11.9. The van der Waals surface area contributed by atoms with Crippen LogP contribution in [-0.2, 0) is 6.42 Å². The molecule has 2 aliphatic carbocycles. The first-order valence-electron chi connectivity index (χ1n) is 11.9. The minimum absolute atomic E-state index is 0.142. The molecule has 0 bridgehead atoms. The van der Waals surface area contributed by atoms with Crippen molar-refractivity contribution in [2.45, 2.75) is 45.4 Å². The zero-order valence-corrected chi connectivity index (χ0v) is 18.9. The summed E-state index contributed by atoms with van der Waals surface area (Å²) in [5.41, 5.74) is 4.13. The molecule has 1 saturated carbocycles. The van der Waals surface area contributed by atoms with Gasteiger partial charge in [-0.05, 0) is 74.6 Å². The summed E-state index contributed by atoms with van der Waals surface area (Å²) in [4.78, 5) is 16.1. The summed E-state index contributed by atoms with van der Waals surface area (Å²) in [5, 5.41) is 3.33. The van der Waals surface area contributed by atoms with Gasteiger partial charge < -0.3 is 15.0 Å². The fourth-order valence-corrected chi connectivity index (χ4v) is 4.86. The molecule has 7 heteroatoms. The molecule has 3 heterocycles. The molecule has 6 nitrogen and oxygen atoms in total. The van der Waals surface area contributed by atoms with Crippen LogP contribution in [0.3, 0.4) is 0 Å². The van der Waals surface area contributed by atoms with Crippen LogP contribution in [0.25, 0.3) is 6.08 Å². The Kier molecular flexibility index (Phi) is 5.12. The molecule has 0 unspecified atom stereocenters. The number of allylic oxidation sites excluding steroid dienone is 1. The van der Waals surface area contributed by atoms with Gasteiger partial charge in [-0.2, -0.15) is 9.97 Å². The van der Waals surface area contributed by atoms with Crippen LogP contribution in [0, 0.1) is 11.7 Å². The van der Waals surface area contributed by atoms with Gasteiger partial charge in [0.1, 0.15) is 17.5 Å². The zero-order valence-electron chi connectivity index (χ0n) is 18.9. The molecule has 1 aromatic heterocycles. The summed E-state index contributed by atoms with van der Waals surface area (Å²) in [5.74, 6) is 2.71. The Balaban J connectivity index is 1.30. The van der Waals surface area contributed by atoms with Crippen LogP contribution < -0.4 is 15.0 Å². The highest BCUT2D eigenvalue weighted by molar-refractivity contribution is 6.05. The third-order valence-electron chi connectivity index (χ3n) is 6.78. The van der Waals surface area contributed by atoms with Crippen LogP contribution >= 0.6 is 0 Å². The number of benzene rings is 1. The Labute approximate surface area is 193 Å². The summed E-state index contributed by atoms with van der Waals surface area (Å²) in [7, 11) is 0. The van der Waals surface area contributed by atoms with Gasteiger partial charge in [-0.1, -0.05) is 17.7 Å². The summed E-state index contributed by atoms with van der Waals surface area (Å²) in [6.45, 7) is 4.66. The molecule has 0 radical (unpaired) electrons. The maximum atomic E-state index is 15.2. The minimum Gasteiger partial charge on any atom is -0.421 e. The molecule has 33 heavy (non-hydrogen) atoms. The smallest absolute Gasteiger partial charge is 0.326 e. The Hall–Kier alpha value is -3.22. The van der Waals surface area contributed by atoms with Gasteiger partial charge >= 0.3 is 6.01 Å². The van der Waals surface area contributed by atoms with Crippen molar-refractivity contribution in [3.63, 3.8) is 0 Å². The monoisotopic (exact) mass is 445 g/mol. The first-order chi connectivity index (χ1) is 16.1. The molecule has 2 aromatic rings. The van der Waals surface area contributed by atoms with Crippen LogP contribution in [0.15, 0.2) is 40.4 Å². The van der Waals surface area contributed by atoms with Gasteiger partial charge in [0.15, 0.2) is 11.6 Å². The molecule has 0 amide bonds. The normalized spacial score (nSPS) is 19.7. The predicted molar refractivity (Wildman–Crippen MR) is 129 cm³/mol. The number of nitrogens with zero attached hydrogens (tertiary/aromatic N) is 4. The lowest BCUT2D eigenvalue weighted by molar-refractivity contribution is 0.410. The molecule has 0 spiro atoms. The highest BCUT2D eigenvalue weighted by Gasteiger charge is 2.28. The molecule has 170 valence electrons. The van der Waals surface area contributed by atoms with E-state index in [1.54, 1.807) is 6.07 Å². The third-order valence-corrected chi connectivity index (χ3v) is 6.78. The maximum Gasteiger partial charge on any atom is 0.326 e. The van der Waals surface area contributed by atoms with Gasteiger partial charge in [0.05, 0.1) is 6.54 Å². The summed E-state index contributed by atoms with van der Waals surface area (Å²) < 4.78 is 21.1. The van der Waals surface area contributed by atoms with Crippen molar-refractivity contribution in [2.24, 2.45) is 10.9 Å². The van der Waals surface area contributed by atoms with E-state index < -0.39 is 0 Å². The highest BCUT2D eigenvalue weighted by Crippen LogP contribution is 2.38. The van der Waals surface area contributed by atoms with E-state index in [1.165, 1.54) is 24.8 Å². The molecule has 0 atom stereocenters. The van der Waals surface area contributed by atoms with Crippen molar-refractivity contribution >= 4 is 23.5 Å². The largest absolute Gasteiger partial charge is 0.421 e. The van der Waals surface area contributed by atoms with E-state index in [9.17, 15) is 0 Å². The quantitative estimate of drug-likeness (QED) is 0.657. The van der Waals surface area contributed by atoms with Crippen molar-refractivity contribution in [1.82, 2.24) is 9.97 Å². The number of aliphatic imine (C=N–C) groups is 1. The number of piperidine rings is 1. The molecular weight excluding hydrogens is 417 g/mol. The van der Waals surface area contributed by atoms with Crippen molar-refractivity contribution in [1.29, 1.82) is 0 Å². The molecule has 1 N–H and O–H groups in total. The third kappa shape index (κ3) is 4.24. The fourth-order valence-electron chi connectivity index (χ4n) is 4.86. The molecule has 2 aliphatic heterocycles. The lowest BCUT2D eigenvalue weighted by Crippen LogP contribution is -2.30. The van der Waals surface area contributed by atoms with E-state index in [0.29, 0.717) is 17.3 Å². The molecule has 2 fully saturated rings. The van der Waals surface area contributed by atoms with Gasteiger partial charge in [0.2, 0.25) is 0 Å². The predicted octanol–water partition coefficient (Wildman–Crippen LogP) is 5.52. The van der Waals surface area contributed by atoms with E-state index >= 15 is 4.39 Å². The minimum atomic E-state index is -0.358. The second kappa shape index (κ2) is 8.28. The maximum absolute atomic E-state index is 15.2. The van der Waals surface area contributed by atoms with Crippen molar-refractivity contribution in [2.75, 3.05) is 29.9 Å². The topological polar surface area (TPSA) is 62.6 Å². The Bertz CT molecular complexity index is 1190. The second-order valence-electron chi connectivity index (χ2n) is 9.48. The average molecular weight is 446 g/mol. The number of fused-ring (bicyclic) bond motifs is 1. The number of anilines is 2.